The van der Waals surface area contributed by atoms with Crippen LogP contribution in [0.5, 0.6) is 5.75 Å². The first kappa shape index (κ1) is 23.1. The van der Waals surface area contributed by atoms with Crippen molar-refractivity contribution in [3.8, 4) is 5.75 Å². The Kier molecular flexibility index (Phi) is 7.52. The Bertz CT molecular complexity index is 1140. The maximum absolute atomic E-state index is 13.9. The number of nitrogens with zero attached hydrogens (tertiary/aromatic N) is 2. The number of halogens is 2. The van der Waals surface area contributed by atoms with E-state index in [2.05, 4.69) is 0 Å². The largest absolute Gasteiger partial charge is 0.488 e. The van der Waals surface area contributed by atoms with Gasteiger partial charge >= 0.3 is 0 Å². The summed E-state index contributed by atoms with van der Waals surface area (Å²) >= 11 is 1.42. The van der Waals surface area contributed by atoms with Crippen molar-refractivity contribution in [1.29, 1.82) is 0 Å². The maximum Gasteiger partial charge on any atom is 0.264 e. The zero-order valence-electron chi connectivity index (χ0n) is 18.5. The topological polar surface area (TPSA) is 32.8 Å². The quantitative estimate of drug-likeness (QED) is 0.453. The lowest BCUT2D eigenvalue weighted by Crippen LogP contribution is -2.48. The minimum atomic E-state index is -0.830. The number of benzene rings is 2. The maximum atomic E-state index is 13.9. The number of carbonyl (C=O) groups excluding carboxylic acids is 1. The molecule has 4 nitrogen and oxygen atoms in total. The van der Waals surface area contributed by atoms with E-state index >= 15 is 0 Å². The Morgan fingerprint density at radius 3 is 2.67 bits per heavy atom. The van der Waals surface area contributed by atoms with Crippen molar-refractivity contribution in [2.75, 3.05) is 26.2 Å². The number of allylic oxidation sites excluding steroid dienone is 1. The highest BCUT2D eigenvalue weighted by Gasteiger charge is 2.24. The first-order chi connectivity index (χ1) is 16.0. The second-order valence-electron chi connectivity index (χ2n) is 7.93. The molecular weight excluding hydrogens is 442 g/mol. The van der Waals surface area contributed by atoms with Crippen LogP contribution in [0.3, 0.4) is 0 Å². The molecule has 4 rings (SSSR count). The Morgan fingerprint density at radius 2 is 1.88 bits per heavy atom. The first-order valence-electron chi connectivity index (χ1n) is 10.9. The summed E-state index contributed by atoms with van der Waals surface area (Å²) in [7, 11) is 0. The summed E-state index contributed by atoms with van der Waals surface area (Å²) in [5, 5.41) is 1.95. The van der Waals surface area contributed by atoms with E-state index in [1.165, 1.54) is 17.4 Å². The lowest BCUT2D eigenvalue weighted by molar-refractivity contribution is 0.0631. The van der Waals surface area contributed by atoms with Gasteiger partial charge in [-0.2, -0.15) is 0 Å². The van der Waals surface area contributed by atoms with E-state index < -0.39 is 11.6 Å². The molecule has 7 heteroatoms. The van der Waals surface area contributed by atoms with E-state index in [9.17, 15) is 13.6 Å². The fourth-order valence-corrected chi connectivity index (χ4v) is 4.69. The van der Waals surface area contributed by atoms with Crippen LogP contribution >= 0.6 is 11.3 Å². The van der Waals surface area contributed by atoms with Gasteiger partial charge in [-0.25, -0.2) is 8.78 Å². The molecule has 0 radical (unpaired) electrons. The highest BCUT2D eigenvalue weighted by molar-refractivity contribution is 7.12. The molecule has 0 saturated carbocycles. The molecule has 0 spiro atoms. The summed E-state index contributed by atoms with van der Waals surface area (Å²) in [6.07, 6.45) is 3.97. The minimum Gasteiger partial charge on any atom is -0.488 e. The van der Waals surface area contributed by atoms with Gasteiger partial charge < -0.3 is 9.64 Å². The third kappa shape index (κ3) is 5.67. The van der Waals surface area contributed by atoms with Gasteiger partial charge in [-0.05, 0) is 30.5 Å². The summed E-state index contributed by atoms with van der Waals surface area (Å²) in [6.45, 7) is 5.03. The molecule has 1 fully saturated rings. The summed E-state index contributed by atoms with van der Waals surface area (Å²) in [6, 6.07) is 14.0. The predicted molar refractivity (Wildman–Crippen MR) is 127 cm³/mol. The van der Waals surface area contributed by atoms with Crippen LogP contribution in [0.25, 0.3) is 6.08 Å². The van der Waals surface area contributed by atoms with Crippen molar-refractivity contribution in [3.05, 3.63) is 93.2 Å². The highest BCUT2D eigenvalue weighted by atomic mass is 32.1. The van der Waals surface area contributed by atoms with E-state index in [0.717, 1.165) is 22.9 Å². The van der Waals surface area contributed by atoms with Crippen LogP contribution in [0.4, 0.5) is 8.78 Å². The second kappa shape index (κ2) is 10.7. The van der Waals surface area contributed by atoms with Gasteiger partial charge in [-0.3, -0.25) is 9.69 Å². The van der Waals surface area contributed by atoms with E-state index in [4.69, 9.17) is 4.74 Å². The van der Waals surface area contributed by atoms with Crippen LogP contribution < -0.4 is 4.74 Å². The van der Waals surface area contributed by atoms with E-state index in [0.29, 0.717) is 49.8 Å². The van der Waals surface area contributed by atoms with Crippen LogP contribution in [0, 0.1) is 11.6 Å². The van der Waals surface area contributed by atoms with Crippen molar-refractivity contribution in [3.63, 3.8) is 0 Å². The van der Waals surface area contributed by atoms with E-state index in [-0.39, 0.29) is 5.91 Å². The van der Waals surface area contributed by atoms with Crippen molar-refractivity contribution in [2.24, 2.45) is 0 Å². The first-order valence-corrected chi connectivity index (χ1v) is 11.8. The molecular formula is C26H26F2N2O2S. The Morgan fingerprint density at radius 1 is 1.09 bits per heavy atom. The fourth-order valence-electron chi connectivity index (χ4n) is 3.83. The monoisotopic (exact) mass is 468 g/mol. The Labute approximate surface area is 196 Å². The Hall–Kier alpha value is -3.03. The van der Waals surface area contributed by atoms with Gasteiger partial charge in [0.1, 0.15) is 12.4 Å². The molecule has 0 bridgehead atoms. The normalized spacial score (nSPS) is 14.7. The summed E-state index contributed by atoms with van der Waals surface area (Å²) in [4.78, 5) is 17.5. The molecule has 0 N–H and O–H groups in total. The van der Waals surface area contributed by atoms with Gasteiger partial charge in [-0.15, -0.1) is 11.3 Å². The van der Waals surface area contributed by atoms with Crippen LogP contribution in [0.1, 0.15) is 33.3 Å². The summed E-state index contributed by atoms with van der Waals surface area (Å²) in [5.41, 5.74) is 2.31. The summed E-state index contributed by atoms with van der Waals surface area (Å²) < 4.78 is 33.3. The predicted octanol–water partition coefficient (Wildman–Crippen LogP) is 5.60. The number of carbonyl (C=O) groups is 1. The second-order valence-corrected chi connectivity index (χ2v) is 8.84. The number of hydrogen-bond acceptors (Lipinski definition) is 4. The zero-order valence-corrected chi connectivity index (χ0v) is 19.3. The number of para-hydroxylation sites is 1. The molecule has 0 aliphatic carbocycles. The van der Waals surface area contributed by atoms with Crippen molar-refractivity contribution in [2.45, 2.75) is 20.1 Å². The molecule has 1 aliphatic rings. The average Bonchev–Trinajstić information content (AvgIpc) is 3.31. The smallest absolute Gasteiger partial charge is 0.264 e. The molecule has 1 aromatic heterocycles. The van der Waals surface area contributed by atoms with Crippen molar-refractivity contribution < 1.29 is 18.3 Å². The van der Waals surface area contributed by atoms with Gasteiger partial charge in [-0.1, -0.05) is 42.5 Å². The van der Waals surface area contributed by atoms with Gasteiger partial charge in [0, 0.05) is 49.4 Å². The SMILES string of the molecule is C/C=C/c1ccccc1OCc1csc(C(=O)N2CCN(Cc3cccc(F)c3F)CC2)c1. The number of hydrogen-bond donors (Lipinski definition) is 0. The third-order valence-corrected chi connectivity index (χ3v) is 6.58. The van der Waals surface area contributed by atoms with E-state index in [1.807, 2.05) is 64.6 Å². The van der Waals surface area contributed by atoms with Gasteiger partial charge in [0.25, 0.3) is 5.91 Å². The van der Waals surface area contributed by atoms with Gasteiger partial charge in [0.2, 0.25) is 0 Å². The highest BCUT2D eigenvalue weighted by Crippen LogP contribution is 2.23. The molecule has 1 saturated heterocycles. The lowest BCUT2D eigenvalue weighted by atomic mass is 10.1. The number of rotatable bonds is 7. The zero-order chi connectivity index (χ0) is 23.2. The number of ether oxygens (including phenoxy) is 1. The molecule has 33 heavy (non-hydrogen) atoms. The summed E-state index contributed by atoms with van der Waals surface area (Å²) in [5.74, 6) is -0.820. The average molecular weight is 469 g/mol. The molecule has 172 valence electrons. The van der Waals surface area contributed by atoms with Crippen LogP contribution in [-0.4, -0.2) is 41.9 Å². The third-order valence-electron chi connectivity index (χ3n) is 5.61. The standard InChI is InChI=1S/C26H26F2N2O2S/c1-2-6-20-7-3-4-10-23(20)32-17-19-15-24(33-18-19)26(31)30-13-11-29(12-14-30)16-21-8-5-9-22(27)25(21)28/h2-10,15,18H,11-14,16-17H2,1H3/b6-2+. The van der Waals surface area contributed by atoms with Gasteiger partial charge in [0.05, 0.1) is 4.88 Å². The molecule has 3 aromatic rings. The van der Waals surface area contributed by atoms with Crippen LogP contribution in [0.15, 0.2) is 60.0 Å². The molecule has 1 aliphatic heterocycles. The van der Waals surface area contributed by atoms with Gasteiger partial charge in [0.15, 0.2) is 11.6 Å². The van der Waals surface area contributed by atoms with Crippen molar-refractivity contribution in [1.82, 2.24) is 9.80 Å². The van der Waals surface area contributed by atoms with Crippen molar-refractivity contribution >= 4 is 23.3 Å². The molecule has 0 atom stereocenters. The fraction of sp³-hybridized carbons (Fsp3) is 0.269. The number of thiophene rings is 1. The Balaban J connectivity index is 1.30. The van der Waals surface area contributed by atoms with Crippen LogP contribution in [-0.2, 0) is 13.2 Å². The molecule has 2 heterocycles. The van der Waals surface area contributed by atoms with Crippen LogP contribution in [0.2, 0.25) is 0 Å². The minimum absolute atomic E-state index is 0.00264. The molecule has 2 aromatic carbocycles. The number of piperazine rings is 1. The molecule has 0 unspecified atom stereocenters. The lowest BCUT2D eigenvalue weighted by Gasteiger charge is -2.34. The number of amides is 1. The van der Waals surface area contributed by atoms with E-state index in [1.54, 1.807) is 6.07 Å². The molecule has 1 amide bonds.